The number of nitrogens with one attached hydrogen (secondary N) is 1. The molecule has 0 saturated carbocycles. The van der Waals surface area contributed by atoms with Gasteiger partial charge in [-0.25, -0.2) is 4.79 Å². The van der Waals surface area contributed by atoms with Crippen molar-refractivity contribution in [2.75, 3.05) is 20.7 Å². The highest BCUT2D eigenvalue weighted by Gasteiger charge is 2.22. The van der Waals surface area contributed by atoms with Crippen molar-refractivity contribution in [1.82, 2.24) is 10.4 Å². The molecule has 1 rings (SSSR count). The van der Waals surface area contributed by atoms with Crippen LogP contribution < -0.4 is 5.48 Å². The molecule has 1 aromatic rings. The lowest BCUT2D eigenvalue weighted by molar-refractivity contribution is -0.149. The highest BCUT2D eigenvalue weighted by atomic mass is 16.7. The third kappa shape index (κ3) is 6.27. The molecule has 0 aliphatic carbocycles. The molecular formula is C15H22N2O4. The van der Waals surface area contributed by atoms with E-state index < -0.39 is 18.1 Å². The van der Waals surface area contributed by atoms with E-state index in [0.29, 0.717) is 13.0 Å². The lowest BCUT2D eigenvalue weighted by Crippen LogP contribution is -2.43. The summed E-state index contributed by atoms with van der Waals surface area (Å²) in [5, 5.41) is 0. The average Bonchev–Trinajstić information content (AvgIpc) is 2.49. The van der Waals surface area contributed by atoms with Crippen molar-refractivity contribution in [3.8, 4) is 0 Å². The normalized spacial score (nSPS) is 11.6. The molecule has 0 aromatic heterocycles. The fourth-order valence-corrected chi connectivity index (χ4v) is 1.54. The van der Waals surface area contributed by atoms with Gasteiger partial charge in [0.15, 0.2) is 0 Å². The van der Waals surface area contributed by atoms with Crippen molar-refractivity contribution in [2.24, 2.45) is 0 Å². The minimum atomic E-state index is -0.733. The number of esters is 1. The summed E-state index contributed by atoms with van der Waals surface area (Å²) in [6.45, 7) is 2.26. The van der Waals surface area contributed by atoms with E-state index >= 15 is 0 Å². The molecule has 0 radical (unpaired) electrons. The van der Waals surface area contributed by atoms with Crippen molar-refractivity contribution in [3.05, 3.63) is 35.9 Å². The van der Waals surface area contributed by atoms with Gasteiger partial charge in [0.1, 0.15) is 6.04 Å². The zero-order chi connectivity index (χ0) is 15.7. The van der Waals surface area contributed by atoms with Gasteiger partial charge in [0.25, 0.3) is 0 Å². The second kappa shape index (κ2) is 8.97. The summed E-state index contributed by atoms with van der Waals surface area (Å²) >= 11 is 0. The highest BCUT2D eigenvalue weighted by Crippen LogP contribution is 2.05. The smallest absolute Gasteiger partial charge is 0.428 e. The molecule has 0 bridgehead atoms. The molecule has 0 spiro atoms. The van der Waals surface area contributed by atoms with Crippen LogP contribution in [0.15, 0.2) is 30.3 Å². The number of carbonyl (C=O) groups is 2. The fraction of sp³-hybridized carbons (Fsp3) is 0.467. The van der Waals surface area contributed by atoms with Gasteiger partial charge in [-0.05, 0) is 12.0 Å². The van der Waals surface area contributed by atoms with E-state index in [-0.39, 0.29) is 0 Å². The predicted octanol–water partition coefficient (Wildman–Crippen LogP) is 1.75. The molecule has 1 aromatic carbocycles. The van der Waals surface area contributed by atoms with E-state index in [9.17, 15) is 9.59 Å². The summed E-state index contributed by atoms with van der Waals surface area (Å²) in [5.41, 5.74) is 3.44. The molecule has 0 aliphatic heterocycles. The SMILES string of the molecule is CCCOC(=O)[C@H](Cc1ccccc1)NOC(=O)N(C)C. The third-order valence-electron chi connectivity index (χ3n) is 2.67. The van der Waals surface area contributed by atoms with Crippen LogP contribution in [0.25, 0.3) is 0 Å². The molecular weight excluding hydrogens is 272 g/mol. The Hall–Kier alpha value is -2.08. The molecule has 0 aliphatic rings. The Labute approximate surface area is 125 Å². The van der Waals surface area contributed by atoms with Gasteiger partial charge >= 0.3 is 12.1 Å². The average molecular weight is 294 g/mol. The number of ether oxygens (including phenoxy) is 1. The molecule has 116 valence electrons. The van der Waals surface area contributed by atoms with Crippen molar-refractivity contribution < 1.29 is 19.2 Å². The first kappa shape index (κ1) is 17.0. The Morgan fingerprint density at radius 3 is 2.48 bits per heavy atom. The van der Waals surface area contributed by atoms with Crippen molar-refractivity contribution >= 4 is 12.1 Å². The Balaban J connectivity index is 2.65. The molecule has 1 atom stereocenters. The number of hydrogen-bond donors (Lipinski definition) is 1. The Morgan fingerprint density at radius 1 is 1.24 bits per heavy atom. The predicted molar refractivity (Wildman–Crippen MR) is 78.5 cm³/mol. The van der Waals surface area contributed by atoms with Gasteiger partial charge in [-0.15, -0.1) is 5.48 Å². The Kier molecular flexibility index (Phi) is 7.25. The van der Waals surface area contributed by atoms with Crippen LogP contribution in [-0.4, -0.2) is 43.7 Å². The molecule has 0 unspecified atom stereocenters. The minimum Gasteiger partial charge on any atom is -0.464 e. The number of carbonyl (C=O) groups excluding carboxylic acids is 2. The summed E-state index contributed by atoms with van der Waals surface area (Å²) in [5.74, 6) is -0.438. The first-order valence-corrected chi connectivity index (χ1v) is 6.88. The maximum absolute atomic E-state index is 12.0. The molecule has 6 heteroatoms. The molecule has 0 saturated heterocycles. The van der Waals surface area contributed by atoms with E-state index in [1.54, 1.807) is 14.1 Å². The number of benzene rings is 1. The van der Waals surface area contributed by atoms with E-state index in [4.69, 9.17) is 9.57 Å². The molecule has 21 heavy (non-hydrogen) atoms. The first-order valence-electron chi connectivity index (χ1n) is 6.88. The topological polar surface area (TPSA) is 67.9 Å². The fourth-order valence-electron chi connectivity index (χ4n) is 1.54. The summed E-state index contributed by atoms with van der Waals surface area (Å²) in [6.07, 6.45) is 0.544. The van der Waals surface area contributed by atoms with Crippen LogP contribution in [0.4, 0.5) is 4.79 Å². The third-order valence-corrected chi connectivity index (χ3v) is 2.67. The maximum Gasteiger partial charge on any atom is 0.428 e. The highest BCUT2D eigenvalue weighted by molar-refractivity contribution is 5.76. The van der Waals surface area contributed by atoms with Gasteiger partial charge in [-0.3, -0.25) is 4.79 Å². The summed E-state index contributed by atoms with van der Waals surface area (Å²) in [4.78, 5) is 29.6. The molecule has 1 N–H and O–H groups in total. The van der Waals surface area contributed by atoms with Crippen LogP contribution in [0.3, 0.4) is 0 Å². The Bertz CT molecular complexity index is 448. The van der Waals surface area contributed by atoms with Crippen LogP contribution in [0.2, 0.25) is 0 Å². The molecule has 0 fully saturated rings. The van der Waals surface area contributed by atoms with Crippen LogP contribution in [0, 0.1) is 0 Å². The lowest BCUT2D eigenvalue weighted by Gasteiger charge is -2.18. The standard InChI is InChI=1S/C15H22N2O4/c1-4-10-20-14(18)13(16-21-15(19)17(2)3)11-12-8-6-5-7-9-12/h5-9,13,16H,4,10-11H2,1-3H3/t13-/m0/s1. The van der Waals surface area contributed by atoms with Gasteiger partial charge in [0, 0.05) is 20.5 Å². The van der Waals surface area contributed by atoms with E-state index in [1.165, 1.54) is 4.90 Å². The summed E-state index contributed by atoms with van der Waals surface area (Å²) < 4.78 is 5.11. The number of nitrogens with zero attached hydrogens (tertiary/aromatic N) is 1. The van der Waals surface area contributed by atoms with Crippen LogP contribution >= 0.6 is 0 Å². The number of hydrogen-bond acceptors (Lipinski definition) is 5. The Morgan fingerprint density at radius 2 is 1.90 bits per heavy atom. The summed E-state index contributed by atoms with van der Waals surface area (Å²) in [7, 11) is 3.12. The second-order valence-corrected chi connectivity index (χ2v) is 4.79. The summed E-state index contributed by atoms with van der Waals surface area (Å²) in [6, 6.07) is 8.73. The minimum absolute atomic E-state index is 0.341. The van der Waals surface area contributed by atoms with Gasteiger partial charge < -0.3 is 14.5 Å². The zero-order valence-corrected chi connectivity index (χ0v) is 12.7. The van der Waals surface area contributed by atoms with Crippen molar-refractivity contribution in [2.45, 2.75) is 25.8 Å². The maximum atomic E-state index is 12.0. The number of rotatable bonds is 7. The quantitative estimate of drug-likeness (QED) is 0.613. The van der Waals surface area contributed by atoms with Crippen LogP contribution in [0.5, 0.6) is 0 Å². The van der Waals surface area contributed by atoms with Gasteiger partial charge in [0.05, 0.1) is 6.61 Å². The first-order chi connectivity index (χ1) is 10.0. The number of hydroxylamine groups is 1. The zero-order valence-electron chi connectivity index (χ0n) is 12.7. The van der Waals surface area contributed by atoms with E-state index in [2.05, 4.69) is 5.48 Å². The molecule has 0 heterocycles. The van der Waals surface area contributed by atoms with Crippen LogP contribution in [0.1, 0.15) is 18.9 Å². The largest absolute Gasteiger partial charge is 0.464 e. The van der Waals surface area contributed by atoms with Gasteiger partial charge in [0.2, 0.25) is 0 Å². The van der Waals surface area contributed by atoms with Crippen LogP contribution in [-0.2, 0) is 20.8 Å². The van der Waals surface area contributed by atoms with E-state index in [0.717, 1.165) is 12.0 Å². The van der Waals surface area contributed by atoms with E-state index in [1.807, 2.05) is 37.3 Å². The lowest BCUT2D eigenvalue weighted by atomic mass is 10.1. The number of amides is 1. The molecule has 1 amide bonds. The van der Waals surface area contributed by atoms with Crippen molar-refractivity contribution in [1.29, 1.82) is 0 Å². The second-order valence-electron chi connectivity index (χ2n) is 4.79. The van der Waals surface area contributed by atoms with Gasteiger partial charge in [-0.1, -0.05) is 37.3 Å². The van der Waals surface area contributed by atoms with Crippen molar-refractivity contribution in [3.63, 3.8) is 0 Å². The monoisotopic (exact) mass is 294 g/mol. The molecule has 6 nitrogen and oxygen atoms in total. The van der Waals surface area contributed by atoms with Gasteiger partial charge in [-0.2, -0.15) is 0 Å².